The third kappa shape index (κ3) is 2.20. The van der Waals surface area contributed by atoms with Gasteiger partial charge >= 0.3 is 0 Å². The smallest absolute Gasteiger partial charge is 0.150 e. The van der Waals surface area contributed by atoms with Crippen LogP contribution in [0.3, 0.4) is 0 Å². The quantitative estimate of drug-likeness (QED) is 0.730. The first kappa shape index (κ1) is 10.9. The summed E-state index contributed by atoms with van der Waals surface area (Å²) in [6.45, 7) is 6.24. The zero-order valence-corrected chi connectivity index (χ0v) is 8.87. The summed E-state index contributed by atoms with van der Waals surface area (Å²) in [6, 6.07) is 5.44. The van der Waals surface area contributed by atoms with Gasteiger partial charge in [0.25, 0.3) is 0 Å². The van der Waals surface area contributed by atoms with E-state index in [2.05, 4.69) is 20.8 Å². The molecule has 1 rings (SSSR count). The molecule has 1 aromatic carbocycles. The first-order valence-corrected chi connectivity index (χ1v) is 4.68. The van der Waals surface area contributed by atoms with Crippen molar-refractivity contribution in [2.45, 2.75) is 32.8 Å². The minimum atomic E-state index is -0.0196. The van der Waals surface area contributed by atoms with Crippen LogP contribution in [-0.2, 0) is 12.0 Å². The van der Waals surface area contributed by atoms with Gasteiger partial charge in [0.05, 0.1) is 6.61 Å². The molecule has 0 bridgehead atoms. The molecule has 0 aromatic heterocycles. The summed E-state index contributed by atoms with van der Waals surface area (Å²) in [6.07, 6.45) is 0.797. The van der Waals surface area contributed by atoms with Gasteiger partial charge in [0.1, 0.15) is 6.29 Å². The van der Waals surface area contributed by atoms with Gasteiger partial charge in [-0.2, -0.15) is 0 Å². The minimum absolute atomic E-state index is 0.000518. The zero-order valence-electron chi connectivity index (χ0n) is 8.87. The second kappa shape index (κ2) is 3.93. The summed E-state index contributed by atoms with van der Waals surface area (Å²) < 4.78 is 0. The van der Waals surface area contributed by atoms with E-state index in [-0.39, 0.29) is 12.0 Å². The van der Waals surface area contributed by atoms with Gasteiger partial charge in [0, 0.05) is 5.56 Å². The predicted octanol–water partition coefficient (Wildman–Crippen LogP) is 2.29. The lowest BCUT2D eigenvalue weighted by Gasteiger charge is -2.22. The number of aldehydes is 1. The van der Waals surface area contributed by atoms with Gasteiger partial charge in [0.2, 0.25) is 0 Å². The van der Waals surface area contributed by atoms with Crippen molar-refractivity contribution < 1.29 is 9.90 Å². The predicted molar refractivity (Wildman–Crippen MR) is 56.5 cm³/mol. The van der Waals surface area contributed by atoms with E-state index >= 15 is 0 Å². The summed E-state index contributed by atoms with van der Waals surface area (Å²) in [7, 11) is 0. The van der Waals surface area contributed by atoms with Crippen LogP contribution < -0.4 is 0 Å². The highest BCUT2D eigenvalue weighted by Gasteiger charge is 2.17. The van der Waals surface area contributed by atoms with Crippen LogP contribution in [0.5, 0.6) is 0 Å². The van der Waals surface area contributed by atoms with Crippen molar-refractivity contribution in [1.29, 1.82) is 0 Å². The van der Waals surface area contributed by atoms with E-state index in [1.807, 2.05) is 6.07 Å². The number of carbonyl (C=O) groups excluding carboxylic acids is 1. The van der Waals surface area contributed by atoms with Gasteiger partial charge in [0.15, 0.2) is 0 Å². The molecule has 0 radical (unpaired) electrons. The maximum Gasteiger partial charge on any atom is 0.150 e. The fourth-order valence-corrected chi connectivity index (χ4v) is 1.55. The molecule has 0 atom stereocenters. The van der Waals surface area contributed by atoms with E-state index in [1.54, 1.807) is 12.1 Å². The number of hydrogen-bond acceptors (Lipinski definition) is 2. The number of carbonyl (C=O) groups is 1. The summed E-state index contributed by atoms with van der Waals surface area (Å²) in [5, 5.41) is 9.19. The normalized spacial score (nSPS) is 11.4. The van der Waals surface area contributed by atoms with Crippen LogP contribution in [0.1, 0.15) is 42.3 Å². The molecule has 0 saturated carbocycles. The first-order chi connectivity index (χ1) is 6.49. The number of rotatable bonds is 2. The fourth-order valence-electron chi connectivity index (χ4n) is 1.55. The van der Waals surface area contributed by atoms with Crippen LogP contribution in [0, 0.1) is 0 Å². The lowest BCUT2D eigenvalue weighted by molar-refractivity contribution is 0.112. The van der Waals surface area contributed by atoms with Crippen molar-refractivity contribution in [2.75, 3.05) is 0 Å². The highest BCUT2D eigenvalue weighted by atomic mass is 16.3. The van der Waals surface area contributed by atoms with Crippen molar-refractivity contribution in [1.82, 2.24) is 0 Å². The molecule has 14 heavy (non-hydrogen) atoms. The Morgan fingerprint density at radius 3 is 2.43 bits per heavy atom. The molecular weight excluding hydrogens is 176 g/mol. The topological polar surface area (TPSA) is 37.3 Å². The van der Waals surface area contributed by atoms with E-state index in [4.69, 9.17) is 0 Å². The van der Waals surface area contributed by atoms with Gasteiger partial charge in [-0.1, -0.05) is 32.9 Å². The minimum Gasteiger partial charge on any atom is -0.392 e. The van der Waals surface area contributed by atoms with Crippen molar-refractivity contribution in [3.05, 3.63) is 34.9 Å². The third-order valence-electron chi connectivity index (χ3n) is 2.24. The molecule has 0 aliphatic rings. The fraction of sp³-hybridized carbons (Fsp3) is 0.417. The van der Waals surface area contributed by atoms with Crippen LogP contribution >= 0.6 is 0 Å². The Bertz CT molecular complexity index is 335. The molecule has 0 fully saturated rings. The van der Waals surface area contributed by atoms with Gasteiger partial charge in [-0.25, -0.2) is 0 Å². The summed E-state index contributed by atoms with van der Waals surface area (Å²) in [5.74, 6) is 0. The number of hydrogen-bond donors (Lipinski definition) is 1. The molecular formula is C12H16O2. The number of aliphatic hydroxyl groups is 1. The Hall–Kier alpha value is -1.15. The van der Waals surface area contributed by atoms with Gasteiger partial charge < -0.3 is 5.11 Å². The average molecular weight is 192 g/mol. The summed E-state index contributed by atoms with van der Waals surface area (Å²) in [5.41, 5.74) is 2.54. The van der Waals surface area contributed by atoms with Crippen molar-refractivity contribution in [3.63, 3.8) is 0 Å². The highest BCUT2D eigenvalue weighted by Crippen LogP contribution is 2.26. The van der Waals surface area contributed by atoms with Crippen LogP contribution in [0.25, 0.3) is 0 Å². The van der Waals surface area contributed by atoms with E-state index < -0.39 is 0 Å². The van der Waals surface area contributed by atoms with E-state index in [9.17, 15) is 9.90 Å². The molecule has 1 aromatic rings. The Labute approximate surface area is 84.6 Å². The standard InChI is InChI=1S/C12H16O2/c1-12(2,3)11-5-4-9(7-13)6-10(11)8-14/h4-7,14H,8H2,1-3H3. The Morgan fingerprint density at radius 2 is 2.00 bits per heavy atom. The number of benzene rings is 1. The lowest BCUT2D eigenvalue weighted by atomic mass is 9.83. The highest BCUT2D eigenvalue weighted by molar-refractivity contribution is 5.75. The Balaban J connectivity index is 3.25. The van der Waals surface area contributed by atoms with E-state index in [0.29, 0.717) is 5.56 Å². The second-order valence-electron chi connectivity index (χ2n) is 4.44. The molecule has 0 saturated heterocycles. The monoisotopic (exact) mass is 192 g/mol. The molecule has 0 aliphatic heterocycles. The van der Waals surface area contributed by atoms with Crippen LogP contribution in [-0.4, -0.2) is 11.4 Å². The molecule has 2 nitrogen and oxygen atoms in total. The Morgan fingerprint density at radius 1 is 1.36 bits per heavy atom. The summed E-state index contributed by atoms with van der Waals surface area (Å²) >= 11 is 0. The van der Waals surface area contributed by atoms with Crippen LogP contribution in [0.4, 0.5) is 0 Å². The molecule has 1 N–H and O–H groups in total. The molecule has 0 aliphatic carbocycles. The van der Waals surface area contributed by atoms with Crippen LogP contribution in [0.2, 0.25) is 0 Å². The first-order valence-electron chi connectivity index (χ1n) is 4.68. The van der Waals surface area contributed by atoms with Gasteiger partial charge in [-0.15, -0.1) is 0 Å². The summed E-state index contributed by atoms with van der Waals surface area (Å²) in [4.78, 5) is 10.6. The van der Waals surface area contributed by atoms with Crippen LogP contribution in [0.15, 0.2) is 18.2 Å². The average Bonchev–Trinajstić information content (AvgIpc) is 2.15. The van der Waals surface area contributed by atoms with Crippen molar-refractivity contribution >= 4 is 6.29 Å². The maximum absolute atomic E-state index is 10.6. The van der Waals surface area contributed by atoms with E-state index in [1.165, 1.54) is 0 Å². The molecule has 76 valence electrons. The largest absolute Gasteiger partial charge is 0.392 e. The van der Waals surface area contributed by atoms with Gasteiger partial charge in [-0.05, 0) is 22.6 Å². The van der Waals surface area contributed by atoms with Crippen molar-refractivity contribution in [2.24, 2.45) is 0 Å². The SMILES string of the molecule is CC(C)(C)c1ccc(C=O)cc1CO. The van der Waals surface area contributed by atoms with E-state index in [0.717, 1.165) is 17.4 Å². The Kier molecular flexibility index (Phi) is 3.06. The molecule has 0 heterocycles. The number of aliphatic hydroxyl groups excluding tert-OH is 1. The maximum atomic E-state index is 10.6. The third-order valence-corrected chi connectivity index (χ3v) is 2.24. The molecule has 0 unspecified atom stereocenters. The molecule has 2 heteroatoms. The molecule has 0 spiro atoms. The zero-order chi connectivity index (χ0) is 10.8. The van der Waals surface area contributed by atoms with Crippen molar-refractivity contribution in [3.8, 4) is 0 Å². The second-order valence-corrected chi connectivity index (χ2v) is 4.44. The van der Waals surface area contributed by atoms with Gasteiger partial charge in [-0.3, -0.25) is 4.79 Å². The molecule has 0 amide bonds. The lowest BCUT2D eigenvalue weighted by Crippen LogP contribution is -2.14.